The molecule has 1 aliphatic heterocycles. The number of nitrogens with one attached hydrogen (secondary N) is 1. The summed E-state index contributed by atoms with van der Waals surface area (Å²) in [4.78, 5) is 17.2. The molecule has 0 radical (unpaired) electrons. The SMILES string of the molecule is Cc1ccc(C(=O)Nc2ccc(CN3CCN(C)CC3)c(C(F)(F)F)c2)cc1-c1nnc2ccccn12. The van der Waals surface area contributed by atoms with Crippen LogP contribution in [0.1, 0.15) is 27.0 Å². The number of rotatable bonds is 5. The number of amides is 1. The summed E-state index contributed by atoms with van der Waals surface area (Å²) in [6.07, 6.45) is -2.70. The summed E-state index contributed by atoms with van der Waals surface area (Å²) >= 11 is 0. The highest BCUT2D eigenvalue weighted by Gasteiger charge is 2.34. The number of alkyl halides is 3. The molecule has 1 saturated heterocycles. The van der Waals surface area contributed by atoms with Crippen LogP contribution in [-0.2, 0) is 12.7 Å². The second-order valence-corrected chi connectivity index (χ2v) is 9.39. The van der Waals surface area contributed by atoms with Crippen molar-refractivity contribution in [3.63, 3.8) is 0 Å². The van der Waals surface area contributed by atoms with Gasteiger partial charge in [0.05, 0.1) is 5.56 Å². The van der Waals surface area contributed by atoms with Crippen molar-refractivity contribution in [3.8, 4) is 11.4 Å². The lowest BCUT2D eigenvalue weighted by Crippen LogP contribution is -2.44. The van der Waals surface area contributed by atoms with Crippen LogP contribution in [0.15, 0.2) is 60.8 Å². The molecule has 5 rings (SSSR count). The Morgan fingerprint density at radius 1 is 1.00 bits per heavy atom. The highest BCUT2D eigenvalue weighted by Crippen LogP contribution is 2.35. The van der Waals surface area contributed by atoms with Gasteiger partial charge in [-0.3, -0.25) is 14.1 Å². The number of piperazine rings is 1. The second-order valence-electron chi connectivity index (χ2n) is 9.39. The number of carbonyl (C=O) groups is 1. The largest absolute Gasteiger partial charge is 0.416 e. The van der Waals surface area contributed by atoms with Crippen LogP contribution in [0.3, 0.4) is 0 Å². The van der Waals surface area contributed by atoms with Crippen LogP contribution >= 0.6 is 0 Å². The zero-order valence-corrected chi connectivity index (χ0v) is 20.6. The molecule has 0 atom stereocenters. The van der Waals surface area contributed by atoms with E-state index in [9.17, 15) is 18.0 Å². The van der Waals surface area contributed by atoms with Gasteiger partial charge in [-0.15, -0.1) is 10.2 Å². The molecule has 7 nitrogen and oxygen atoms in total. The fourth-order valence-corrected chi connectivity index (χ4v) is 4.54. The van der Waals surface area contributed by atoms with Crippen LogP contribution in [-0.4, -0.2) is 63.5 Å². The van der Waals surface area contributed by atoms with E-state index < -0.39 is 17.6 Å². The number of halogens is 3. The van der Waals surface area contributed by atoms with Crippen molar-refractivity contribution in [2.24, 2.45) is 0 Å². The lowest BCUT2D eigenvalue weighted by molar-refractivity contribution is -0.138. The summed E-state index contributed by atoms with van der Waals surface area (Å²) in [7, 11) is 2.00. The third kappa shape index (κ3) is 5.35. The predicted octanol–water partition coefficient (Wildman–Crippen LogP) is 4.72. The third-order valence-corrected chi connectivity index (χ3v) is 6.72. The Morgan fingerprint density at radius 2 is 1.78 bits per heavy atom. The quantitative estimate of drug-likeness (QED) is 0.423. The summed E-state index contributed by atoms with van der Waals surface area (Å²) in [6.45, 7) is 5.17. The van der Waals surface area contributed by atoms with Crippen LogP contribution in [0, 0.1) is 6.92 Å². The van der Waals surface area contributed by atoms with E-state index in [0.717, 1.165) is 24.7 Å². The molecule has 1 amide bonds. The Kier molecular flexibility index (Phi) is 6.70. The molecule has 1 N–H and O–H groups in total. The fourth-order valence-electron chi connectivity index (χ4n) is 4.54. The second kappa shape index (κ2) is 9.95. The lowest BCUT2D eigenvalue weighted by Gasteiger charge is -2.33. The molecule has 37 heavy (non-hydrogen) atoms. The Labute approximate surface area is 212 Å². The summed E-state index contributed by atoms with van der Waals surface area (Å²) in [6, 6.07) is 14.7. The molecule has 1 fully saturated rings. The van der Waals surface area contributed by atoms with Crippen molar-refractivity contribution in [2.75, 3.05) is 38.5 Å². The molecule has 0 spiro atoms. The first kappa shape index (κ1) is 24.9. The number of hydrogen-bond donors (Lipinski definition) is 1. The first-order valence-corrected chi connectivity index (χ1v) is 12.0. The Bertz CT molecular complexity index is 1440. The van der Waals surface area contributed by atoms with Gasteiger partial charge in [-0.1, -0.05) is 18.2 Å². The van der Waals surface area contributed by atoms with Crippen molar-refractivity contribution in [1.82, 2.24) is 24.4 Å². The normalized spacial score (nSPS) is 15.3. The number of likely N-dealkylation sites (N-methyl/N-ethyl adjacent to an activating group) is 1. The zero-order valence-electron chi connectivity index (χ0n) is 20.6. The first-order valence-electron chi connectivity index (χ1n) is 12.0. The minimum Gasteiger partial charge on any atom is -0.322 e. The first-order chi connectivity index (χ1) is 17.7. The number of anilines is 1. The number of nitrogens with zero attached hydrogens (tertiary/aromatic N) is 5. The van der Waals surface area contributed by atoms with E-state index in [1.165, 1.54) is 12.1 Å². The predicted molar refractivity (Wildman–Crippen MR) is 135 cm³/mol. The Morgan fingerprint density at radius 3 is 2.54 bits per heavy atom. The van der Waals surface area contributed by atoms with Gasteiger partial charge in [-0.25, -0.2) is 0 Å². The molecule has 0 aliphatic carbocycles. The standard InChI is InChI=1S/C27H27F3N6O/c1-18-6-7-19(15-22(18)25-33-32-24-5-3-4-10-36(24)25)26(37)31-21-9-8-20(23(16-21)27(28,29)30)17-35-13-11-34(2)12-14-35/h3-10,15-16H,11-14,17H2,1-2H3,(H,31,37). The smallest absolute Gasteiger partial charge is 0.322 e. The number of carbonyl (C=O) groups excluding carboxylic acids is 1. The minimum absolute atomic E-state index is 0.0921. The van der Waals surface area contributed by atoms with Gasteiger partial charge in [0.2, 0.25) is 0 Å². The van der Waals surface area contributed by atoms with E-state index in [0.29, 0.717) is 35.7 Å². The summed E-state index contributed by atoms with van der Waals surface area (Å²) in [5.74, 6) is 0.0744. The average molecular weight is 509 g/mol. The Hall–Kier alpha value is -3.76. The highest BCUT2D eigenvalue weighted by atomic mass is 19.4. The lowest BCUT2D eigenvalue weighted by atomic mass is 10.0. The highest BCUT2D eigenvalue weighted by molar-refractivity contribution is 6.05. The van der Waals surface area contributed by atoms with E-state index >= 15 is 0 Å². The van der Waals surface area contributed by atoms with Gasteiger partial charge in [-0.2, -0.15) is 13.2 Å². The molecule has 10 heteroatoms. The van der Waals surface area contributed by atoms with Crippen molar-refractivity contribution in [2.45, 2.75) is 19.6 Å². The average Bonchev–Trinajstić information content (AvgIpc) is 3.30. The number of fused-ring (bicyclic) bond motifs is 1. The molecular weight excluding hydrogens is 481 g/mol. The van der Waals surface area contributed by atoms with Gasteiger partial charge < -0.3 is 10.2 Å². The van der Waals surface area contributed by atoms with Crippen LogP contribution < -0.4 is 5.32 Å². The fraction of sp³-hybridized carbons (Fsp3) is 0.296. The summed E-state index contributed by atoms with van der Waals surface area (Å²) in [5, 5.41) is 11.1. The molecule has 0 saturated carbocycles. The molecule has 3 heterocycles. The molecular formula is C27H27F3N6O. The van der Waals surface area contributed by atoms with Gasteiger partial charge in [0, 0.05) is 55.7 Å². The minimum atomic E-state index is -4.53. The van der Waals surface area contributed by atoms with Crippen molar-refractivity contribution in [1.29, 1.82) is 0 Å². The van der Waals surface area contributed by atoms with Gasteiger partial charge in [0.25, 0.3) is 5.91 Å². The van der Waals surface area contributed by atoms with Gasteiger partial charge in [-0.05, 0) is 61.5 Å². The van der Waals surface area contributed by atoms with Crippen LogP contribution in [0.4, 0.5) is 18.9 Å². The molecule has 2 aromatic carbocycles. The summed E-state index contributed by atoms with van der Waals surface area (Å²) in [5.41, 5.74) is 2.14. The monoisotopic (exact) mass is 508 g/mol. The zero-order chi connectivity index (χ0) is 26.2. The maximum atomic E-state index is 13.9. The number of hydrogen-bond acceptors (Lipinski definition) is 5. The van der Waals surface area contributed by atoms with Gasteiger partial charge in [0.15, 0.2) is 11.5 Å². The van der Waals surface area contributed by atoms with Crippen molar-refractivity contribution in [3.05, 3.63) is 83.0 Å². The number of aryl methyl sites for hydroxylation is 1. The van der Waals surface area contributed by atoms with E-state index in [1.807, 2.05) is 47.7 Å². The van der Waals surface area contributed by atoms with Gasteiger partial charge in [0.1, 0.15) is 0 Å². The number of pyridine rings is 1. The molecule has 192 valence electrons. The van der Waals surface area contributed by atoms with E-state index in [-0.39, 0.29) is 17.8 Å². The topological polar surface area (TPSA) is 65.8 Å². The van der Waals surface area contributed by atoms with E-state index in [2.05, 4.69) is 20.4 Å². The maximum absolute atomic E-state index is 13.9. The molecule has 2 aromatic heterocycles. The van der Waals surface area contributed by atoms with Crippen LogP contribution in [0.2, 0.25) is 0 Å². The molecule has 1 aliphatic rings. The van der Waals surface area contributed by atoms with Crippen LogP contribution in [0.5, 0.6) is 0 Å². The Balaban J connectivity index is 1.39. The van der Waals surface area contributed by atoms with E-state index in [4.69, 9.17) is 0 Å². The summed E-state index contributed by atoms with van der Waals surface area (Å²) < 4.78 is 43.6. The molecule has 4 aromatic rings. The molecule has 0 bridgehead atoms. The number of aromatic nitrogens is 3. The van der Waals surface area contributed by atoms with Crippen molar-refractivity contribution >= 4 is 17.2 Å². The maximum Gasteiger partial charge on any atom is 0.416 e. The third-order valence-electron chi connectivity index (χ3n) is 6.72. The van der Waals surface area contributed by atoms with Crippen LogP contribution in [0.25, 0.3) is 17.0 Å². The number of benzene rings is 2. The van der Waals surface area contributed by atoms with Gasteiger partial charge >= 0.3 is 6.18 Å². The van der Waals surface area contributed by atoms with E-state index in [1.54, 1.807) is 18.2 Å². The van der Waals surface area contributed by atoms with Crippen molar-refractivity contribution < 1.29 is 18.0 Å². The molecule has 0 unspecified atom stereocenters.